The fourth-order valence-electron chi connectivity index (χ4n) is 3.19. The van der Waals surface area contributed by atoms with E-state index < -0.39 is 11.9 Å². The fraction of sp³-hybridized carbons (Fsp3) is 0.722. The van der Waals surface area contributed by atoms with Gasteiger partial charge >= 0.3 is 0 Å². The van der Waals surface area contributed by atoms with Crippen molar-refractivity contribution >= 4 is 0 Å². The highest BCUT2D eigenvalue weighted by molar-refractivity contribution is 5.13. The van der Waals surface area contributed by atoms with E-state index in [2.05, 4.69) is 24.1 Å². The summed E-state index contributed by atoms with van der Waals surface area (Å²) < 4.78 is 13.1. The van der Waals surface area contributed by atoms with Crippen molar-refractivity contribution in [3.63, 3.8) is 0 Å². The summed E-state index contributed by atoms with van der Waals surface area (Å²) in [7, 11) is 0. The van der Waals surface area contributed by atoms with Gasteiger partial charge in [0.2, 0.25) is 0 Å². The van der Waals surface area contributed by atoms with Gasteiger partial charge in [0.25, 0.3) is 0 Å². The molecule has 0 bridgehead atoms. The molecule has 1 aliphatic rings. The number of nitrogens with zero attached hydrogens (tertiary/aromatic N) is 1. The van der Waals surface area contributed by atoms with Gasteiger partial charge in [-0.05, 0) is 64.4 Å². The number of halogens is 1. The van der Waals surface area contributed by atoms with Crippen LogP contribution in [0.1, 0.15) is 64.0 Å². The zero-order valence-corrected chi connectivity index (χ0v) is 14.1. The number of β-amino-alcohol motifs (C(OH)–C–C–N with tert-alkyl or cyclic N) is 1. The molecule has 0 spiro atoms. The van der Waals surface area contributed by atoms with Gasteiger partial charge in [-0.3, -0.25) is 4.98 Å². The Morgan fingerprint density at radius 2 is 2.00 bits per heavy atom. The van der Waals surface area contributed by atoms with E-state index in [0.717, 1.165) is 44.7 Å². The highest BCUT2D eigenvalue weighted by Crippen LogP contribution is 2.29. The molecule has 1 aromatic heterocycles. The number of pyridine rings is 1. The van der Waals surface area contributed by atoms with Crippen molar-refractivity contribution in [2.45, 2.75) is 70.1 Å². The van der Waals surface area contributed by atoms with Crippen LogP contribution in [-0.2, 0) is 0 Å². The molecule has 0 amide bonds. The van der Waals surface area contributed by atoms with Gasteiger partial charge in [0.15, 0.2) is 0 Å². The highest BCUT2D eigenvalue weighted by atomic mass is 19.1. The summed E-state index contributed by atoms with van der Waals surface area (Å²) in [6.45, 7) is 4.63. The lowest BCUT2D eigenvalue weighted by molar-refractivity contribution is 0.102. The number of rotatable bonds is 7. The Hall–Kier alpha value is -1.04. The minimum absolute atomic E-state index is 0.0855. The Labute approximate surface area is 138 Å². The van der Waals surface area contributed by atoms with Crippen molar-refractivity contribution in [1.29, 1.82) is 0 Å². The predicted octanol–water partition coefficient (Wildman–Crippen LogP) is 2.95. The van der Waals surface area contributed by atoms with Gasteiger partial charge in [-0.15, -0.1) is 0 Å². The van der Waals surface area contributed by atoms with Crippen LogP contribution in [0.3, 0.4) is 0 Å². The van der Waals surface area contributed by atoms with E-state index in [1.165, 1.54) is 12.3 Å². The molecule has 1 aliphatic carbocycles. The number of nitrogens with one attached hydrogen (secondary N) is 1. The summed E-state index contributed by atoms with van der Waals surface area (Å²) in [6, 6.07) is 1.32. The smallest absolute Gasteiger partial charge is 0.141 e. The van der Waals surface area contributed by atoms with Crippen LogP contribution in [-0.4, -0.2) is 33.4 Å². The second-order valence-electron chi connectivity index (χ2n) is 7.43. The minimum Gasteiger partial charge on any atom is -0.393 e. The topological polar surface area (TPSA) is 65.4 Å². The first-order valence-electron chi connectivity index (χ1n) is 8.57. The molecule has 0 saturated heterocycles. The second kappa shape index (κ2) is 8.18. The third-order valence-corrected chi connectivity index (χ3v) is 4.88. The quantitative estimate of drug-likeness (QED) is 0.721. The molecule has 5 heteroatoms. The lowest BCUT2D eigenvalue weighted by atomic mass is 9.82. The standard InChI is InChI=1S/C18H29FN2O2/c1-18(2,8-7-13-3-5-16(22)6-4-13)21-12-17(23)14-9-15(19)11-20-10-14/h9-11,13,16-17,21-23H,3-8,12H2,1-2H3/t13?,16?,17-/m0/s1. The SMILES string of the molecule is CC(C)(CCC1CCC(O)CC1)NC[C@H](O)c1cncc(F)c1. The summed E-state index contributed by atoms with van der Waals surface area (Å²) in [6.07, 6.45) is 7.96. The van der Waals surface area contributed by atoms with Crippen molar-refractivity contribution in [2.75, 3.05) is 6.54 Å². The third-order valence-electron chi connectivity index (χ3n) is 4.88. The average Bonchev–Trinajstić information content (AvgIpc) is 2.52. The van der Waals surface area contributed by atoms with Crippen LogP contribution in [0.5, 0.6) is 0 Å². The number of hydrogen-bond acceptors (Lipinski definition) is 4. The zero-order chi connectivity index (χ0) is 16.9. The highest BCUT2D eigenvalue weighted by Gasteiger charge is 2.24. The molecule has 4 nitrogen and oxygen atoms in total. The van der Waals surface area contributed by atoms with Crippen molar-refractivity contribution in [2.24, 2.45) is 5.92 Å². The maximum Gasteiger partial charge on any atom is 0.141 e. The van der Waals surface area contributed by atoms with Gasteiger partial charge < -0.3 is 15.5 Å². The van der Waals surface area contributed by atoms with E-state index in [4.69, 9.17) is 0 Å². The van der Waals surface area contributed by atoms with E-state index in [1.54, 1.807) is 0 Å². The zero-order valence-electron chi connectivity index (χ0n) is 14.1. The van der Waals surface area contributed by atoms with Crippen molar-refractivity contribution in [3.05, 3.63) is 29.8 Å². The molecule has 0 aliphatic heterocycles. The van der Waals surface area contributed by atoms with Gasteiger partial charge in [-0.1, -0.05) is 0 Å². The molecule has 0 aromatic carbocycles. The summed E-state index contributed by atoms with van der Waals surface area (Å²) >= 11 is 0. The molecule has 23 heavy (non-hydrogen) atoms. The minimum atomic E-state index is -0.762. The summed E-state index contributed by atoms with van der Waals surface area (Å²) in [4.78, 5) is 3.77. The Morgan fingerprint density at radius 1 is 1.30 bits per heavy atom. The monoisotopic (exact) mass is 324 g/mol. The van der Waals surface area contributed by atoms with Crippen molar-refractivity contribution in [1.82, 2.24) is 10.3 Å². The maximum atomic E-state index is 13.1. The van der Waals surface area contributed by atoms with Crippen LogP contribution in [0.25, 0.3) is 0 Å². The largest absolute Gasteiger partial charge is 0.393 e. The molecule has 0 radical (unpaired) electrons. The van der Waals surface area contributed by atoms with Crippen LogP contribution in [0.4, 0.5) is 4.39 Å². The molecular weight excluding hydrogens is 295 g/mol. The number of aromatic nitrogens is 1. The molecule has 130 valence electrons. The van der Waals surface area contributed by atoms with Crippen LogP contribution < -0.4 is 5.32 Å². The van der Waals surface area contributed by atoms with Gasteiger partial charge in [0.05, 0.1) is 18.4 Å². The van der Waals surface area contributed by atoms with E-state index in [-0.39, 0.29) is 11.6 Å². The third kappa shape index (κ3) is 6.16. The Balaban J connectivity index is 1.74. The maximum absolute atomic E-state index is 13.1. The molecule has 1 fully saturated rings. The average molecular weight is 324 g/mol. The fourth-order valence-corrected chi connectivity index (χ4v) is 3.19. The number of aliphatic hydroxyl groups is 2. The Kier molecular flexibility index (Phi) is 6.50. The molecular formula is C18H29FN2O2. The van der Waals surface area contributed by atoms with Crippen LogP contribution in [0.15, 0.2) is 18.5 Å². The van der Waals surface area contributed by atoms with E-state index >= 15 is 0 Å². The molecule has 1 heterocycles. The van der Waals surface area contributed by atoms with Crippen molar-refractivity contribution < 1.29 is 14.6 Å². The van der Waals surface area contributed by atoms with E-state index in [1.807, 2.05) is 0 Å². The van der Waals surface area contributed by atoms with Crippen LogP contribution in [0, 0.1) is 11.7 Å². The summed E-state index contributed by atoms with van der Waals surface area (Å²) in [5, 5.41) is 23.1. The molecule has 1 atom stereocenters. The van der Waals surface area contributed by atoms with E-state index in [0.29, 0.717) is 18.0 Å². The molecule has 1 saturated carbocycles. The normalized spacial score (nSPS) is 23.7. The van der Waals surface area contributed by atoms with Gasteiger partial charge in [-0.2, -0.15) is 0 Å². The molecule has 1 aromatic rings. The summed E-state index contributed by atoms with van der Waals surface area (Å²) in [5.41, 5.74) is 0.409. The molecule has 2 rings (SSSR count). The predicted molar refractivity (Wildman–Crippen MR) is 88.4 cm³/mol. The lowest BCUT2D eigenvalue weighted by Gasteiger charge is -2.31. The number of hydrogen-bond donors (Lipinski definition) is 3. The second-order valence-corrected chi connectivity index (χ2v) is 7.43. The lowest BCUT2D eigenvalue weighted by Crippen LogP contribution is -2.42. The first kappa shape index (κ1) is 18.3. The van der Waals surface area contributed by atoms with Crippen LogP contribution >= 0.6 is 0 Å². The Bertz CT molecular complexity index is 488. The van der Waals surface area contributed by atoms with Crippen LogP contribution in [0.2, 0.25) is 0 Å². The molecule has 3 N–H and O–H groups in total. The first-order chi connectivity index (χ1) is 10.9. The summed E-state index contributed by atoms with van der Waals surface area (Å²) in [5.74, 6) is 0.261. The first-order valence-corrected chi connectivity index (χ1v) is 8.57. The van der Waals surface area contributed by atoms with Crippen molar-refractivity contribution in [3.8, 4) is 0 Å². The van der Waals surface area contributed by atoms with Gasteiger partial charge in [0, 0.05) is 23.8 Å². The molecule has 0 unspecified atom stereocenters. The Morgan fingerprint density at radius 3 is 2.65 bits per heavy atom. The number of aliphatic hydroxyl groups excluding tert-OH is 2. The van der Waals surface area contributed by atoms with Gasteiger partial charge in [-0.25, -0.2) is 4.39 Å². The van der Waals surface area contributed by atoms with Gasteiger partial charge in [0.1, 0.15) is 5.82 Å². The van der Waals surface area contributed by atoms with E-state index in [9.17, 15) is 14.6 Å².